The van der Waals surface area contributed by atoms with Crippen molar-refractivity contribution in [2.45, 2.75) is 0 Å². The molecule has 0 aliphatic heterocycles. The fourth-order valence-electron chi connectivity index (χ4n) is 1.78. The van der Waals surface area contributed by atoms with Crippen LogP contribution in [0, 0.1) is 0 Å². The molecule has 0 spiro atoms. The number of hydrogen-bond acceptors (Lipinski definition) is 6. The summed E-state index contributed by atoms with van der Waals surface area (Å²) in [6.07, 6.45) is 0. The van der Waals surface area contributed by atoms with Crippen molar-refractivity contribution in [3.8, 4) is 17.2 Å². The Bertz CT molecular complexity index is 651. The number of ether oxygens (including phenoxy) is 3. The molecule has 2 aromatic rings. The molecule has 1 N–H and O–H groups in total. The zero-order valence-corrected chi connectivity index (χ0v) is 13.0. The second-order valence-corrected chi connectivity index (χ2v) is 4.50. The minimum Gasteiger partial charge on any atom is -0.493 e. The van der Waals surface area contributed by atoms with Crippen molar-refractivity contribution < 1.29 is 19.0 Å². The first-order chi connectivity index (χ1) is 10.6. The van der Waals surface area contributed by atoms with Crippen LogP contribution in [0.2, 0.25) is 5.15 Å². The highest BCUT2D eigenvalue weighted by Crippen LogP contribution is 2.38. The maximum absolute atomic E-state index is 12.3. The minimum absolute atomic E-state index is 0.241. The van der Waals surface area contributed by atoms with Gasteiger partial charge in [-0.15, -0.1) is 10.2 Å². The molecule has 0 saturated heterocycles. The first-order valence-electron chi connectivity index (χ1n) is 6.19. The molecule has 2 rings (SSSR count). The third-order valence-electron chi connectivity index (χ3n) is 2.80. The van der Waals surface area contributed by atoms with Crippen LogP contribution in [-0.2, 0) is 0 Å². The first-order valence-corrected chi connectivity index (χ1v) is 6.57. The van der Waals surface area contributed by atoms with E-state index in [2.05, 4.69) is 15.5 Å². The van der Waals surface area contributed by atoms with Gasteiger partial charge in [0.2, 0.25) is 5.75 Å². The van der Waals surface area contributed by atoms with Gasteiger partial charge in [-0.2, -0.15) is 0 Å². The number of carbonyl (C=O) groups excluding carboxylic acids is 1. The molecule has 0 unspecified atom stereocenters. The van der Waals surface area contributed by atoms with Crippen molar-refractivity contribution in [3.63, 3.8) is 0 Å². The number of nitrogens with zero attached hydrogens (tertiary/aromatic N) is 2. The van der Waals surface area contributed by atoms with Crippen LogP contribution in [0.1, 0.15) is 10.4 Å². The summed E-state index contributed by atoms with van der Waals surface area (Å²) in [5.41, 5.74) is 0.325. The highest BCUT2D eigenvalue weighted by molar-refractivity contribution is 6.29. The lowest BCUT2D eigenvalue weighted by atomic mass is 10.1. The number of halogens is 1. The van der Waals surface area contributed by atoms with Crippen molar-refractivity contribution in [2.24, 2.45) is 0 Å². The number of anilines is 1. The summed E-state index contributed by atoms with van der Waals surface area (Å²) in [4.78, 5) is 12.3. The van der Waals surface area contributed by atoms with Crippen LogP contribution in [0.3, 0.4) is 0 Å². The van der Waals surface area contributed by atoms with E-state index < -0.39 is 5.91 Å². The van der Waals surface area contributed by atoms with E-state index in [4.69, 9.17) is 25.8 Å². The van der Waals surface area contributed by atoms with Gasteiger partial charge in [0.15, 0.2) is 22.5 Å². The van der Waals surface area contributed by atoms with Crippen LogP contribution < -0.4 is 19.5 Å². The van der Waals surface area contributed by atoms with Gasteiger partial charge >= 0.3 is 0 Å². The minimum atomic E-state index is -0.393. The number of benzene rings is 1. The van der Waals surface area contributed by atoms with E-state index in [1.165, 1.54) is 27.4 Å². The fraction of sp³-hybridized carbons (Fsp3) is 0.214. The second kappa shape index (κ2) is 6.95. The largest absolute Gasteiger partial charge is 0.493 e. The number of nitrogens with one attached hydrogen (secondary N) is 1. The Morgan fingerprint density at radius 3 is 2.14 bits per heavy atom. The Morgan fingerprint density at radius 2 is 1.68 bits per heavy atom. The smallest absolute Gasteiger partial charge is 0.257 e. The van der Waals surface area contributed by atoms with Gasteiger partial charge in [-0.1, -0.05) is 11.6 Å². The van der Waals surface area contributed by atoms with Gasteiger partial charge in [0, 0.05) is 5.56 Å². The van der Waals surface area contributed by atoms with Crippen molar-refractivity contribution in [2.75, 3.05) is 26.6 Å². The number of amides is 1. The Morgan fingerprint density at radius 1 is 1.05 bits per heavy atom. The molecule has 0 atom stereocenters. The van der Waals surface area contributed by atoms with Gasteiger partial charge in [0.25, 0.3) is 5.91 Å². The average Bonchev–Trinajstić information content (AvgIpc) is 2.55. The van der Waals surface area contributed by atoms with Gasteiger partial charge in [0.05, 0.1) is 21.3 Å². The van der Waals surface area contributed by atoms with E-state index in [1.54, 1.807) is 18.2 Å². The highest BCUT2D eigenvalue weighted by Gasteiger charge is 2.17. The van der Waals surface area contributed by atoms with E-state index >= 15 is 0 Å². The Balaban J connectivity index is 2.31. The summed E-state index contributed by atoms with van der Waals surface area (Å²) in [6, 6.07) is 6.16. The molecule has 1 amide bonds. The van der Waals surface area contributed by atoms with E-state index in [0.717, 1.165) is 0 Å². The lowest BCUT2D eigenvalue weighted by molar-refractivity contribution is 0.102. The Hall–Kier alpha value is -2.54. The molecule has 7 nitrogen and oxygen atoms in total. The van der Waals surface area contributed by atoms with Crippen molar-refractivity contribution in [1.29, 1.82) is 0 Å². The summed E-state index contributed by atoms with van der Waals surface area (Å²) < 4.78 is 15.6. The van der Waals surface area contributed by atoms with Crippen LogP contribution in [0.25, 0.3) is 0 Å². The molecular weight excluding hydrogens is 310 g/mol. The van der Waals surface area contributed by atoms with Crippen LogP contribution >= 0.6 is 11.6 Å². The zero-order valence-electron chi connectivity index (χ0n) is 12.2. The number of aromatic nitrogens is 2. The fourth-order valence-corrected chi connectivity index (χ4v) is 1.88. The summed E-state index contributed by atoms with van der Waals surface area (Å²) in [6.45, 7) is 0. The molecule has 22 heavy (non-hydrogen) atoms. The molecular formula is C14H14ClN3O4. The third-order valence-corrected chi connectivity index (χ3v) is 3.00. The lowest BCUT2D eigenvalue weighted by Gasteiger charge is -2.13. The van der Waals surface area contributed by atoms with E-state index in [9.17, 15) is 4.79 Å². The Kier molecular flexibility index (Phi) is 5.00. The summed E-state index contributed by atoms with van der Waals surface area (Å²) in [7, 11) is 4.44. The topological polar surface area (TPSA) is 82.6 Å². The maximum atomic E-state index is 12.3. The van der Waals surface area contributed by atoms with E-state index in [0.29, 0.717) is 22.8 Å². The highest BCUT2D eigenvalue weighted by atomic mass is 35.5. The molecule has 0 radical (unpaired) electrons. The van der Waals surface area contributed by atoms with Crippen LogP contribution in [0.4, 0.5) is 5.82 Å². The first kappa shape index (κ1) is 15.8. The SMILES string of the molecule is COc1cc(C(=O)Nc2ccc(Cl)nn2)cc(OC)c1OC. The normalized spacial score (nSPS) is 10.0. The molecule has 0 aliphatic carbocycles. The molecule has 0 saturated carbocycles. The quantitative estimate of drug-likeness (QED) is 0.909. The number of rotatable bonds is 5. The number of carbonyl (C=O) groups is 1. The maximum Gasteiger partial charge on any atom is 0.257 e. The molecule has 1 aromatic carbocycles. The van der Waals surface area contributed by atoms with Gasteiger partial charge in [-0.3, -0.25) is 4.79 Å². The zero-order chi connectivity index (χ0) is 16.1. The van der Waals surface area contributed by atoms with Gasteiger partial charge < -0.3 is 19.5 Å². The van der Waals surface area contributed by atoms with Crippen LogP contribution in [-0.4, -0.2) is 37.4 Å². The molecule has 0 bridgehead atoms. The summed E-state index contributed by atoms with van der Waals surface area (Å²) in [5.74, 6) is 1.07. The van der Waals surface area contributed by atoms with E-state index in [-0.39, 0.29) is 11.0 Å². The van der Waals surface area contributed by atoms with Gasteiger partial charge in [0.1, 0.15) is 0 Å². The van der Waals surface area contributed by atoms with Crippen molar-refractivity contribution in [3.05, 3.63) is 35.0 Å². The third kappa shape index (κ3) is 3.37. The average molecular weight is 324 g/mol. The second-order valence-electron chi connectivity index (χ2n) is 4.11. The predicted octanol–water partition coefficient (Wildman–Crippen LogP) is 2.41. The predicted molar refractivity (Wildman–Crippen MR) is 81.1 cm³/mol. The molecule has 0 fully saturated rings. The summed E-state index contributed by atoms with van der Waals surface area (Å²) in [5, 5.41) is 10.3. The molecule has 8 heteroatoms. The molecule has 1 heterocycles. The lowest BCUT2D eigenvalue weighted by Crippen LogP contribution is -2.14. The van der Waals surface area contributed by atoms with Gasteiger partial charge in [-0.05, 0) is 24.3 Å². The van der Waals surface area contributed by atoms with Crippen LogP contribution in [0.15, 0.2) is 24.3 Å². The van der Waals surface area contributed by atoms with E-state index in [1.807, 2.05) is 0 Å². The standard InChI is InChI=1S/C14H14ClN3O4/c1-20-9-6-8(7-10(21-2)13(9)22-3)14(19)16-12-5-4-11(15)17-18-12/h4-7H,1-3H3,(H,16,18,19). The van der Waals surface area contributed by atoms with Crippen LogP contribution in [0.5, 0.6) is 17.2 Å². The molecule has 1 aromatic heterocycles. The van der Waals surface area contributed by atoms with Crippen molar-refractivity contribution in [1.82, 2.24) is 10.2 Å². The monoisotopic (exact) mass is 323 g/mol. The molecule has 0 aliphatic rings. The van der Waals surface area contributed by atoms with Gasteiger partial charge in [-0.25, -0.2) is 0 Å². The number of methoxy groups -OCH3 is 3. The number of hydrogen-bond donors (Lipinski definition) is 1. The van der Waals surface area contributed by atoms with Crippen molar-refractivity contribution >= 4 is 23.3 Å². The Labute approximate surface area is 132 Å². The molecule has 116 valence electrons. The summed E-state index contributed by atoms with van der Waals surface area (Å²) >= 11 is 5.64.